The van der Waals surface area contributed by atoms with Gasteiger partial charge in [0.25, 0.3) is 0 Å². The topological polar surface area (TPSA) is 49.6 Å². The third kappa shape index (κ3) is 6.60. The molecule has 0 unspecified atom stereocenters. The number of likely N-dealkylation sites (tertiary alicyclic amines) is 1. The Balaban J connectivity index is 2.24. The second-order valence-electron chi connectivity index (χ2n) is 5.44. The van der Waals surface area contributed by atoms with Crippen LogP contribution in [0.25, 0.3) is 0 Å². The maximum atomic E-state index is 12.5. The van der Waals surface area contributed by atoms with E-state index in [-0.39, 0.29) is 18.7 Å². The smallest absolute Gasteiger partial charge is 0.391 e. The molecular formula is C13H22F3N3OS. The Morgan fingerprint density at radius 2 is 1.90 bits per heavy atom. The summed E-state index contributed by atoms with van der Waals surface area (Å²) in [4.78, 5) is 15.7. The molecule has 1 amide bonds. The number of nitrogens with zero attached hydrogens (tertiary/aromatic N) is 2. The van der Waals surface area contributed by atoms with E-state index < -0.39 is 12.1 Å². The van der Waals surface area contributed by atoms with Crippen LogP contribution in [0.15, 0.2) is 0 Å². The highest BCUT2D eigenvalue weighted by atomic mass is 32.1. The van der Waals surface area contributed by atoms with Crippen LogP contribution >= 0.6 is 12.2 Å². The lowest BCUT2D eigenvalue weighted by molar-refractivity contribution is -0.185. The molecule has 0 atom stereocenters. The van der Waals surface area contributed by atoms with Crippen LogP contribution in [-0.4, -0.2) is 60.1 Å². The molecule has 0 bridgehead atoms. The summed E-state index contributed by atoms with van der Waals surface area (Å²) < 4.78 is 37.6. The summed E-state index contributed by atoms with van der Waals surface area (Å²) in [6.07, 6.45) is -3.06. The highest BCUT2D eigenvalue weighted by molar-refractivity contribution is 7.80. The average molecular weight is 325 g/mol. The predicted molar refractivity (Wildman–Crippen MR) is 78.9 cm³/mol. The molecule has 2 N–H and O–H groups in total. The first kappa shape index (κ1) is 18.2. The summed E-state index contributed by atoms with van der Waals surface area (Å²) in [6, 6.07) is 0. The SMILES string of the molecule is CN(CCC(N)=S)C(=O)CCN1CCC(C(F)(F)F)CC1. The molecule has 1 rings (SSSR count). The molecule has 1 fully saturated rings. The van der Waals surface area contributed by atoms with E-state index in [0.29, 0.717) is 44.0 Å². The Hall–Kier alpha value is -0.890. The van der Waals surface area contributed by atoms with Gasteiger partial charge in [-0.3, -0.25) is 4.79 Å². The van der Waals surface area contributed by atoms with Gasteiger partial charge in [0.2, 0.25) is 5.91 Å². The number of carbonyl (C=O) groups is 1. The van der Waals surface area contributed by atoms with Gasteiger partial charge in [-0.15, -0.1) is 0 Å². The fourth-order valence-corrected chi connectivity index (χ4v) is 2.42. The van der Waals surface area contributed by atoms with E-state index in [2.05, 4.69) is 0 Å². The first-order chi connectivity index (χ1) is 9.70. The molecule has 122 valence electrons. The zero-order valence-corrected chi connectivity index (χ0v) is 13.0. The standard InChI is InChI=1S/C13H22F3N3OS/c1-18(6-4-11(17)21)12(20)5-9-19-7-2-10(3-8-19)13(14,15)16/h10H,2-9H2,1H3,(H2,17,21). The van der Waals surface area contributed by atoms with Crippen molar-refractivity contribution in [3.05, 3.63) is 0 Å². The van der Waals surface area contributed by atoms with Crippen LogP contribution in [0.1, 0.15) is 25.7 Å². The lowest BCUT2D eigenvalue weighted by atomic mass is 9.96. The Labute approximate surface area is 128 Å². The van der Waals surface area contributed by atoms with Crippen LogP contribution in [-0.2, 0) is 4.79 Å². The molecule has 1 heterocycles. The summed E-state index contributed by atoms with van der Waals surface area (Å²) in [5, 5.41) is 0. The van der Waals surface area contributed by atoms with Gasteiger partial charge in [0.15, 0.2) is 0 Å². The van der Waals surface area contributed by atoms with Crippen LogP contribution < -0.4 is 5.73 Å². The molecule has 0 aromatic carbocycles. The summed E-state index contributed by atoms with van der Waals surface area (Å²) >= 11 is 4.75. The largest absolute Gasteiger partial charge is 0.393 e. The van der Waals surface area contributed by atoms with Crippen molar-refractivity contribution in [1.29, 1.82) is 0 Å². The van der Waals surface area contributed by atoms with E-state index in [1.807, 2.05) is 4.90 Å². The minimum absolute atomic E-state index is 0.0378. The Morgan fingerprint density at radius 3 is 2.38 bits per heavy atom. The highest BCUT2D eigenvalue weighted by Gasteiger charge is 2.40. The number of nitrogens with two attached hydrogens (primary N) is 1. The van der Waals surface area contributed by atoms with Gasteiger partial charge in [0.05, 0.1) is 10.9 Å². The van der Waals surface area contributed by atoms with Crippen molar-refractivity contribution in [2.24, 2.45) is 11.7 Å². The van der Waals surface area contributed by atoms with E-state index in [4.69, 9.17) is 18.0 Å². The monoisotopic (exact) mass is 325 g/mol. The molecule has 21 heavy (non-hydrogen) atoms. The van der Waals surface area contributed by atoms with Crippen LogP contribution in [0.2, 0.25) is 0 Å². The maximum Gasteiger partial charge on any atom is 0.391 e. The highest BCUT2D eigenvalue weighted by Crippen LogP contribution is 2.33. The van der Waals surface area contributed by atoms with Crippen molar-refractivity contribution < 1.29 is 18.0 Å². The third-order valence-corrected chi connectivity index (χ3v) is 4.02. The van der Waals surface area contributed by atoms with Crippen molar-refractivity contribution in [3.8, 4) is 0 Å². The number of alkyl halides is 3. The van der Waals surface area contributed by atoms with E-state index >= 15 is 0 Å². The Kier molecular flexibility index (Phi) is 6.86. The molecule has 0 aromatic rings. The van der Waals surface area contributed by atoms with Gasteiger partial charge in [-0.25, -0.2) is 0 Å². The maximum absolute atomic E-state index is 12.5. The van der Waals surface area contributed by atoms with Gasteiger partial charge in [-0.1, -0.05) is 12.2 Å². The summed E-state index contributed by atoms with van der Waals surface area (Å²) in [5.41, 5.74) is 5.37. The number of thiocarbonyl (C=S) groups is 1. The molecule has 1 aliphatic rings. The number of hydrogen-bond donors (Lipinski definition) is 1. The normalized spacial score (nSPS) is 17.7. The van der Waals surface area contributed by atoms with E-state index in [9.17, 15) is 18.0 Å². The molecule has 0 saturated carbocycles. The Bertz CT molecular complexity index is 368. The van der Waals surface area contributed by atoms with Gasteiger partial charge >= 0.3 is 6.18 Å². The third-order valence-electron chi connectivity index (χ3n) is 3.81. The van der Waals surface area contributed by atoms with E-state index in [1.165, 1.54) is 0 Å². The molecule has 4 nitrogen and oxygen atoms in total. The first-order valence-corrected chi connectivity index (χ1v) is 7.42. The number of amides is 1. The molecule has 1 saturated heterocycles. The zero-order chi connectivity index (χ0) is 16.0. The predicted octanol–water partition coefficient (Wildman–Crippen LogP) is 1.79. The number of halogens is 3. The van der Waals surface area contributed by atoms with Gasteiger partial charge in [-0.05, 0) is 25.9 Å². The molecule has 0 aromatic heterocycles. The summed E-state index contributed by atoms with van der Waals surface area (Å²) in [5.74, 6) is -1.23. The minimum atomic E-state index is -4.09. The number of rotatable bonds is 6. The van der Waals surface area contributed by atoms with Crippen molar-refractivity contribution >= 4 is 23.1 Å². The molecular weight excluding hydrogens is 303 g/mol. The van der Waals surface area contributed by atoms with Crippen molar-refractivity contribution in [2.75, 3.05) is 33.2 Å². The molecule has 0 spiro atoms. The lowest BCUT2D eigenvalue weighted by Gasteiger charge is -2.33. The van der Waals surface area contributed by atoms with E-state index in [1.54, 1.807) is 11.9 Å². The van der Waals surface area contributed by atoms with Crippen molar-refractivity contribution in [1.82, 2.24) is 9.80 Å². The van der Waals surface area contributed by atoms with Crippen LogP contribution in [0.4, 0.5) is 13.2 Å². The van der Waals surface area contributed by atoms with E-state index in [0.717, 1.165) is 0 Å². The Morgan fingerprint density at radius 1 is 1.33 bits per heavy atom. The number of carbonyl (C=O) groups excluding carboxylic acids is 1. The number of hydrogen-bond acceptors (Lipinski definition) is 3. The second-order valence-corrected chi connectivity index (χ2v) is 5.96. The van der Waals surface area contributed by atoms with Gasteiger partial charge in [-0.2, -0.15) is 13.2 Å². The summed E-state index contributed by atoms with van der Waals surface area (Å²) in [6.45, 7) is 1.77. The quantitative estimate of drug-likeness (QED) is 0.757. The molecule has 0 aliphatic carbocycles. The fraction of sp³-hybridized carbons (Fsp3) is 0.846. The molecule has 0 radical (unpaired) electrons. The first-order valence-electron chi connectivity index (χ1n) is 7.01. The summed E-state index contributed by atoms with van der Waals surface area (Å²) in [7, 11) is 1.68. The van der Waals surface area contributed by atoms with Crippen LogP contribution in [0, 0.1) is 5.92 Å². The molecule has 8 heteroatoms. The van der Waals surface area contributed by atoms with Crippen molar-refractivity contribution in [3.63, 3.8) is 0 Å². The van der Waals surface area contributed by atoms with Gasteiger partial charge in [0, 0.05) is 33.0 Å². The molecule has 1 aliphatic heterocycles. The number of piperidine rings is 1. The lowest BCUT2D eigenvalue weighted by Crippen LogP contribution is -2.40. The van der Waals surface area contributed by atoms with Gasteiger partial charge < -0.3 is 15.5 Å². The van der Waals surface area contributed by atoms with Crippen LogP contribution in [0.5, 0.6) is 0 Å². The average Bonchev–Trinajstić information content (AvgIpc) is 2.41. The zero-order valence-electron chi connectivity index (χ0n) is 12.2. The fourth-order valence-electron chi connectivity index (χ4n) is 2.33. The van der Waals surface area contributed by atoms with Gasteiger partial charge in [0.1, 0.15) is 0 Å². The van der Waals surface area contributed by atoms with Crippen LogP contribution in [0.3, 0.4) is 0 Å². The second kappa shape index (κ2) is 7.93. The minimum Gasteiger partial charge on any atom is -0.393 e. The van der Waals surface area contributed by atoms with Crippen molar-refractivity contribution in [2.45, 2.75) is 31.9 Å².